The van der Waals surface area contributed by atoms with Crippen LogP contribution < -0.4 is 0 Å². The molecule has 1 heterocycles. The van der Waals surface area contributed by atoms with Gasteiger partial charge in [0.2, 0.25) is 0 Å². The molecule has 1 aromatic rings. The van der Waals surface area contributed by atoms with E-state index in [0.717, 1.165) is 35.5 Å². The molecule has 1 heteroatoms. The summed E-state index contributed by atoms with van der Waals surface area (Å²) in [7, 11) is 0. The summed E-state index contributed by atoms with van der Waals surface area (Å²) in [4.78, 5) is 4.94. The van der Waals surface area contributed by atoms with Gasteiger partial charge in [-0.25, -0.2) is 0 Å². The third-order valence-corrected chi connectivity index (χ3v) is 13.1. The molecule has 9 atom stereocenters. The van der Waals surface area contributed by atoms with Crippen LogP contribution in [0.3, 0.4) is 0 Å². The monoisotopic (exact) mass is 445 g/mol. The van der Waals surface area contributed by atoms with Gasteiger partial charge < -0.3 is 0 Å². The Bertz CT molecular complexity index is 986. The topological polar surface area (TPSA) is 12.9 Å². The van der Waals surface area contributed by atoms with Crippen LogP contribution in [0.1, 0.15) is 105 Å². The minimum absolute atomic E-state index is 0.167. The number of aromatic nitrogens is 1. The summed E-state index contributed by atoms with van der Waals surface area (Å²) >= 11 is 0. The van der Waals surface area contributed by atoms with E-state index in [0.29, 0.717) is 16.2 Å². The zero-order valence-corrected chi connectivity index (χ0v) is 22.4. The predicted octanol–water partition coefficient (Wildman–Crippen LogP) is 8.38. The Balaban J connectivity index is 1.46. The van der Waals surface area contributed by atoms with Crippen LogP contribution in [0.25, 0.3) is 0 Å². The van der Waals surface area contributed by atoms with E-state index in [1.807, 2.05) is 11.8 Å². The van der Waals surface area contributed by atoms with Gasteiger partial charge in [-0.2, -0.15) is 0 Å². The fraction of sp³-hybridized carbons (Fsp3) is 0.781. The molecule has 5 aliphatic carbocycles. The zero-order valence-electron chi connectivity index (χ0n) is 22.4. The molecule has 0 amide bonds. The van der Waals surface area contributed by atoms with E-state index in [2.05, 4.69) is 66.7 Å². The Morgan fingerprint density at radius 3 is 2.48 bits per heavy atom. The van der Waals surface area contributed by atoms with Crippen molar-refractivity contribution >= 4 is 0 Å². The van der Waals surface area contributed by atoms with E-state index >= 15 is 0 Å². The summed E-state index contributed by atoms with van der Waals surface area (Å²) in [6.07, 6.45) is 16.0. The van der Waals surface area contributed by atoms with Crippen molar-refractivity contribution in [2.75, 3.05) is 0 Å². The molecule has 5 aliphatic rings. The largest absolute Gasteiger partial charge is 0.260 e. The van der Waals surface area contributed by atoms with Crippen LogP contribution >= 0.6 is 0 Å². The van der Waals surface area contributed by atoms with Gasteiger partial charge in [-0.05, 0) is 108 Å². The van der Waals surface area contributed by atoms with Crippen LogP contribution in [0.4, 0.5) is 0 Å². The Kier molecular flexibility index (Phi) is 4.73. The molecule has 0 aliphatic heterocycles. The summed E-state index contributed by atoms with van der Waals surface area (Å²) in [6, 6.07) is 4.56. The maximum atomic E-state index is 4.94. The van der Waals surface area contributed by atoms with Crippen molar-refractivity contribution in [1.82, 2.24) is 4.98 Å². The molecule has 6 rings (SSSR count). The molecule has 1 aromatic heterocycles. The van der Waals surface area contributed by atoms with Crippen molar-refractivity contribution in [3.63, 3.8) is 0 Å². The maximum absolute atomic E-state index is 4.94. The summed E-state index contributed by atoms with van der Waals surface area (Å²) in [6.45, 7) is 18.3. The van der Waals surface area contributed by atoms with E-state index in [-0.39, 0.29) is 5.41 Å². The van der Waals surface area contributed by atoms with Crippen molar-refractivity contribution in [3.05, 3.63) is 41.2 Å². The Hall–Kier alpha value is -1.11. The zero-order chi connectivity index (χ0) is 23.4. The first kappa shape index (κ1) is 22.4. The van der Waals surface area contributed by atoms with Crippen molar-refractivity contribution in [1.29, 1.82) is 0 Å². The van der Waals surface area contributed by atoms with E-state index in [1.165, 1.54) is 62.6 Å². The first-order valence-electron chi connectivity index (χ1n) is 14.2. The standard InChI is InChI=1S/C32H47N/c1-20-10-11-22-14-16-31(6)24(27(22)21(20)2)12-13-26-30(5)19-23-9-8-18-33-28(23)29(3,4)25(30)15-17-32(26,31)7/h8-9,12,18,20-22,25-27H,10-11,13-17,19H2,1-7H3/t20-,21+,22?,25+,26-,27?,30+,31-,32-/m1/s1. The number of hydrogen-bond donors (Lipinski definition) is 0. The van der Waals surface area contributed by atoms with Gasteiger partial charge in [0.05, 0.1) is 0 Å². The number of hydrogen-bond acceptors (Lipinski definition) is 1. The SMILES string of the molecule is C[C@@H]1CCC2CC[C@]3(C)C(=CC[C@@H]4[C@@]5(C)Cc6cccnc6C(C)(C)[C@@H]5CC[C@]43C)C2[C@H]1C. The van der Waals surface area contributed by atoms with Crippen LogP contribution in [0.2, 0.25) is 0 Å². The van der Waals surface area contributed by atoms with Gasteiger partial charge in [-0.15, -0.1) is 0 Å². The van der Waals surface area contributed by atoms with Crippen LogP contribution in [-0.2, 0) is 11.8 Å². The second-order valence-electron chi connectivity index (χ2n) is 14.4. The second kappa shape index (κ2) is 6.98. The van der Waals surface area contributed by atoms with Crippen molar-refractivity contribution < 1.29 is 0 Å². The maximum Gasteiger partial charge on any atom is 0.0494 e. The average Bonchev–Trinajstić information content (AvgIpc) is 2.76. The molecule has 3 saturated carbocycles. The second-order valence-corrected chi connectivity index (χ2v) is 14.4. The molecular formula is C32H47N. The third kappa shape index (κ3) is 2.69. The van der Waals surface area contributed by atoms with E-state index in [4.69, 9.17) is 4.98 Å². The first-order valence-corrected chi connectivity index (χ1v) is 14.2. The Morgan fingerprint density at radius 2 is 1.70 bits per heavy atom. The van der Waals surface area contributed by atoms with Crippen LogP contribution in [0.5, 0.6) is 0 Å². The summed E-state index contributed by atoms with van der Waals surface area (Å²) < 4.78 is 0. The van der Waals surface area contributed by atoms with Crippen molar-refractivity contribution in [3.8, 4) is 0 Å². The average molecular weight is 446 g/mol. The molecular weight excluding hydrogens is 398 g/mol. The molecule has 1 nitrogen and oxygen atoms in total. The van der Waals surface area contributed by atoms with E-state index in [9.17, 15) is 0 Å². The van der Waals surface area contributed by atoms with Crippen molar-refractivity contribution in [2.45, 2.75) is 105 Å². The van der Waals surface area contributed by atoms with Crippen LogP contribution in [0.15, 0.2) is 30.0 Å². The number of allylic oxidation sites excluding steroid dienone is 2. The Labute approximate surface area is 203 Å². The highest BCUT2D eigenvalue weighted by molar-refractivity contribution is 5.38. The molecule has 0 N–H and O–H groups in total. The molecule has 0 radical (unpaired) electrons. The molecule has 0 saturated heterocycles. The molecule has 0 spiro atoms. The minimum Gasteiger partial charge on any atom is -0.260 e. The highest BCUT2D eigenvalue weighted by Crippen LogP contribution is 2.73. The Morgan fingerprint density at radius 1 is 0.909 bits per heavy atom. The summed E-state index contributed by atoms with van der Waals surface area (Å²) in [5.74, 6) is 5.05. The lowest BCUT2D eigenvalue weighted by Gasteiger charge is -2.70. The predicted molar refractivity (Wildman–Crippen MR) is 138 cm³/mol. The number of nitrogens with zero attached hydrogens (tertiary/aromatic N) is 1. The van der Waals surface area contributed by atoms with E-state index in [1.54, 1.807) is 0 Å². The van der Waals surface area contributed by atoms with Crippen molar-refractivity contribution in [2.24, 2.45) is 51.8 Å². The molecule has 180 valence electrons. The molecule has 3 fully saturated rings. The van der Waals surface area contributed by atoms with Crippen LogP contribution in [-0.4, -0.2) is 4.98 Å². The molecule has 0 aromatic carbocycles. The quantitative estimate of drug-likeness (QED) is 0.365. The number of rotatable bonds is 0. The first-order chi connectivity index (χ1) is 15.5. The molecule has 2 unspecified atom stereocenters. The summed E-state index contributed by atoms with van der Waals surface area (Å²) in [5, 5.41) is 0. The summed E-state index contributed by atoms with van der Waals surface area (Å²) in [5.41, 5.74) is 6.17. The normalized spacial score (nSPS) is 50.1. The highest BCUT2D eigenvalue weighted by atomic mass is 14.8. The van der Waals surface area contributed by atoms with Gasteiger partial charge in [-0.1, -0.05) is 72.6 Å². The minimum atomic E-state index is 0.167. The highest BCUT2D eigenvalue weighted by Gasteiger charge is 2.66. The van der Waals surface area contributed by atoms with Gasteiger partial charge in [0.25, 0.3) is 0 Å². The third-order valence-electron chi connectivity index (χ3n) is 13.1. The van der Waals surface area contributed by atoms with E-state index < -0.39 is 0 Å². The molecule has 33 heavy (non-hydrogen) atoms. The van der Waals surface area contributed by atoms with Gasteiger partial charge in [0.1, 0.15) is 0 Å². The van der Waals surface area contributed by atoms with Gasteiger partial charge >= 0.3 is 0 Å². The lowest BCUT2D eigenvalue weighted by Crippen LogP contribution is -2.63. The van der Waals surface area contributed by atoms with Gasteiger partial charge in [-0.3, -0.25) is 4.98 Å². The van der Waals surface area contributed by atoms with Gasteiger partial charge in [0, 0.05) is 17.3 Å². The molecule has 0 bridgehead atoms. The smallest absolute Gasteiger partial charge is 0.0494 e. The fourth-order valence-corrected chi connectivity index (χ4v) is 11.0. The fourth-order valence-electron chi connectivity index (χ4n) is 11.0. The number of pyridine rings is 1. The lowest BCUT2D eigenvalue weighted by molar-refractivity contribution is -0.153. The lowest BCUT2D eigenvalue weighted by atomic mass is 9.34. The number of fused-ring (bicyclic) bond motifs is 8. The van der Waals surface area contributed by atoms with Crippen LogP contribution in [0, 0.1) is 51.8 Å². The van der Waals surface area contributed by atoms with Gasteiger partial charge in [0.15, 0.2) is 0 Å².